The van der Waals surface area contributed by atoms with Gasteiger partial charge in [-0.15, -0.1) is 10.2 Å². The highest BCUT2D eigenvalue weighted by Crippen LogP contribution is 2.38. The van der Waals surface area contributed by atoms with Gasteiger partial charge in [0.2, 0.25) is 11.8 Å². The molecule has 130 valence electrons. The summed E-state index contributed by atoms with van der Waals surface area (Å²) < 4.78 is 5.93. The predicted octanol–water partition coefficient (Wildman–Crippen LogP) is 6.63. The fourth-order valence-corrected chi connectivity index (χ4v) is 3.79. The maximum Gasteiger partial charge on any atom is 0.247 e. The van der Waals surface area contributed by atoms with Gasteiger partial charge >= 0.3 is 0 Å². The zero-order valence-corrected chi connectivity index (χ0v) is 15.3. The number of benzene rings is 1. The molecule has 0 bridgehead atoms. The Bertz CT molecular complexity index is 615. The first-order chi connectivity index (χ1) is 11.8. The van der Waals surface area contributed by atoms with Crippen molar-refractivity contribution in [3.63, 3.8) is 0 Å². The Hall–Kier alpha value is -1.35. The van der Waals surface area contributed by atoms with Gasteiger partial charge in [0.15, 0.2) is 0 Å². The van der Waals surface area contributed by atoms with E-state index >= 15 is 0 Å². The molecule has 0 N–H and O–H groups in total. The zero-order chi connectivity index (χ0) is 16.8. The van der Waals surface area contributed by atoms with Gasteiger partial charge in [-0.05, 0) is 55.9 Å². The maximum atomic E-state index is 5.93. The number of hydrogen-bond donors (Lipinski definition) is 0. The van der Waals surface area contributed by atoms with E-state index < -0.39 is 0 Å². The largest absolute Gasteiger partial charge is 0.420 e. The average molecular weight is 347 g/mol. The first-order valence-electron chi connectivity index (χ1n) is 9.35. The van der Waals surface area contributed by atoms with E-state index in [1.165, 1.54) is 57.8 Å². The Morgan fingerprint density at radius 3 is 2.46 bits per heavy atom. The van der Waals surface area contributed by atoms with E-state index in [-0.39, 0.29) is 0 Å². The molecular formula is C20H27ClN2O. The molecule has 0 radical (unpaired) electrons. The molecule has 2 aromatic rings. The normalized spacial score (nSPS) is 21.1. The van der Waals surface area contributed by atoms with Gasteiger partial charge in [-0.25, -0.2) is 0 Å². The van der Waals surface area contributed by atoms with Crippen LogP contribution in [0.25, 0.3) is 11.5 Å². The fourth-order valence-electron chi connectivity index (χ4n) is 3.67. The molecule has 1 aromatic carbocycles. The lowest BCUT2D eigenvalue weighted by molar-refractivity contribution is 0.277. The van der Waals surface area contributed by atoms with E-state index in [1.807, 2.05) is 24.3 Å². The quantitative estimate of drug-likeness (QED) is 0.528. The van der Waals surface area contributed by atoms with Crippen LogP contribution in [0.5, 0.6) is 0 Å². The van der Waals surface area contributed by atoms with Gasteiger partial charge in [-0.2, -0.15) is 0 Å². The Kier molecular flexibility index (Phi) is 6.30. The summed E-state index contributed by atoms with van der Waals surface area (Å²) in [7, 11) is 0. The summed E-state index contributed by atoms with van der Waals surface area (Å²) in [6.07, 6.45) is 11.8. The van der Waals surface area contributed by atoms with E-state index in [1.54, 1.807) is 0 Å². The summed E-state index contributed by atoms with van der Waals surface area (Å²) in [5.74, 6) is 2.75. The van der Waals surface area contributed by atoms with Crippen molar-refractivity contribution in [2.24, 2.45) is 5.92 Å². The lowest BCUT2D eigenvalue weighted by Gasteiger charge is -2.26. The first-order valence-corrected chi connectivity index (χ1v) is 9.73. The molecule has 1 saturated carbocycles. The zero-order valence-electron chi connectivity index (χ0n) is 14.5. The number of aromatic nitrogens is 2. The minimum atomic E-state index is 0.436. The van der Waals surface area contributed by atoms with Crippen molar-refractivity contribution in [1.82, 2.24) is 10.2 Å². The van der Waals surface area contributed by atoms with Crippen LogP contribution in [0.1, 0.15) is 76.5 Å². The molecule has 1 aliphatic rings. The van der Waals surface area contributed by atoms with Gasteiger partial charge in [0.25, 0.3) is 0 Å². The molecule has 0 saturated heterocycles. The third kappa shape index (κ3) is 4.60. The van der Waals surface area contributed by atoms with Crippen molar-refractivity contribution in [2.45, 2.75) is 70.6 Å². The topological polar surface area (TPSA) is 38.9 Å². The molecular weight excluding hydrogens is 320 g/mol. The third-order valence-corrected chi connectivity index (χ3v) is 5.45. The standard InChI is InChI=1S/C20H27ClN2O/c1-2-3-4-5-6-15-7-9-16(10-8-15)19-22-23-20(24-19)17-11-13-18(21)14-12-17/h11-16H,2-10H2,1H3. The Morgan fingerprint density at radius 2 is 1.75 bits per heavy atom. The summed E-state index contributed by atoms with van der Waals surface area (Å²) in [6.45, 7) is 2.27. The average Bonchev–Trinajstić information content (AvgIpc) is 3.10. The molecule has 1 heterocycles. The monoisotopic (exact) mass is 346 g/mol. The van der Waals surface area contributed by atoms with Crippen LogP contribution >= 0.6 is 11.6 Å². The third-order valence-electron chi connectivity index (χ3n) is 5.19. The van der Waals surface area contributed by atoms with Crippen molar-refractivity contribution >= 4 is 11.6 Å². The summed E-state index contributed by atoms with van der Waals surface area (Å²) in [6, 6.07) is 7.55. The van der Waals surface area contributed by atoms with E-state index in [0.29, 0.717) is 11.8 Å². The van der Waals surface area contributed by atoms with Crippen LogP contribution in [0.2, 0.25) is 5.02 Å². The summed E-state index contributed by atoms with van der Waals surface area (Å²) >= 11 is 5.93. The van der Waals surface area contributed by atoms with Gasteiger partial charge in [0.05, 0.1) is 0 Å². The van der Waals surface area contributed by atoms with Crippen molar-refractivity contribution in [1.29, 1.82) is 0 Å². The molecule has 1 aliphatic carbocycles. The summed E-state index contributed by atoms with van der Waals surface area (Å²) in [4.78, 5) is 0. The van der Waals surface area contributed by atoms with Crippen LogP contribution in [0, 0.1) is 5.92 Å². The number of rotatable bonds is 7. The van der Waals surface area contributed by atoms with Gasteiger partial charge in [0, 0.05) is 16.5 Å². The van der Waals surface area contributed by atoms with E-state index in [4.69, 9.17) is 16.0 Å². The molecule has 0 atom stereocenters. The number of hydrogen-bond acceptors (Lipinski definition) is 3. The van der Waals surface area contributed by atoms with Gasteiger partial charge in [-0.3, -0.25) is 0 Å². The second-order valence-electron chi connectivity index (χ2n) is 7.02. The maximum absolute atomic E-state index is 5.93. The van der Waals surface area contributed by atoms with Crippen LogP contribution < -0.4 is 0 Å². The van der Waals surface area contributed by atoms with Gasteiger partial charge in [0.1, 0.15) is 0 Å². The van der Waals surface area contributed by atoms with E-state index in [2.05, 4.69) is 17.1 Å². The molecule has 4 heteroatoms. The smallest absolute Gasteiger partial charge is 0.247 e. The predicted molar refractivity (Wildman–Crippen MR) is 98.2 cm³/mol. The molecule has 0 unspecified atom stereocenters. The molecule has 1 aromatic heterocycles. The number of nitrogens with zero attached hydrogens (tertiary/aromatic N) is 2. The van der Waals surface area contributed by atoms with Crippen LogP contribution in [0.15, 0.2) is 28.7 Å². The lowest BCUT2D eigenvalue weighted by Crippen LogP contribution is -2.13. The van der Waals surface area contributed by atoms with Crippen molar-refractivity contribution in [3.05, 3.63) is 35.2 Å². The van der Waals surface area contributed by atoms with Crippen LogP contribution in [-0.2, 0) is 0 Å². The van der Waals surface area contributed by atoms with Crippen LogP contribution in [0.3, 0.4) is 0 Å². The Morgan fingerprint density at radius 1 is 1.00 bits per heavy atom. The Balaban J connectivity index is 1.51. The second kappa shape index (κ2) is 8.66. The van der Waals surface area contributed by atoms with E-state index in [0.717, 1.165) is 22.4 Å². The molecule has 24 heavy (non-hydrogen) atoms. The van der Waals surface area contributed by atoms with Crippen molar-refractivity contribution in [3.8, 4) is 11.5 Å². The molecule has 3 rings (SSSR count). The molecule has 1 fully saturated rings. The number of halogens is 1. The van der Waals surface area contributed by atoms with Crippen molar-refractivity contribution in [2.75, 3.05) is 0 Å². The minimum absolute atomic E-state index is 0.436. The van der Waals surface area contributed by atoms with Crippen LogP contribution in [0.4, 0.5) is 0 Å². The number of unbranched alkanes of at least 4 members (excludes halogenated alkanes) is 3. The highest BCUT2D eigenvalue weighted by atomic mass is 35.5. The molecule has 0 amide bonds. The molecule has 0 spiro atoms. The van der Waals surface area contributed by atoms with Crippen LogP contribution in [-0.4, -0.2) is 10.2 Å². The lowest BCUT2D eigenvalue weighted by atomic mass is 9.79. The molecule has 0 aliphatic heterocycles. The highest BCUT2D eigenvalue weighted by molar-refractivity contribution is 6.30. The summed E-state index contributed by atoms with van der Waals surface area (Å²) in [5, 5.41) is 9.24. The Labute approximate surface area is 149 Å². The summed E-state index contributed by atoms with van der Waals surface area (Å²) in [5.41, 5.74) is 0.933. The second-order valence-corrected chi connectivity index (χ2v) is 7.46. The minimum Gasteiger partial charge on any atom is -0.420 e. The fraction of sp³-hybridized carbons (Fsp3) is 0.600. The first kappa shape index (κ1) is 17.5. The highest BCUT2D eigenvalue weighted by Gasteiger charge is 2.26. The van der Waals surface area contributed by atoms with Crippen molar-refractivity contribution < 1.29 is 4.42 Å². The van der Waals surface area contributed by atoms with E-state index in [9.17, 15) is 0 Å². The van der Waals surface area contributed by atoms with Gasteiger partial charge in [-0.1, -0.05) is 50.6 Å². The van der Waals surface area contributed by atoms with Gasteiger partial charge < -0.3 is 4.42 Å². The molecule has 3 nitrogen and oxygen atoms in total. The SMILES string of the molecule is CCCCCCC1CCC(c2nnc(-c3ccc(Cl)cc3)o2)CC1.